The lowest BCUT2D eigenvalue weighted by Gasteiger charge is -2.27. The molecule has 0 radical (unpaired) electrons. The van der Waals surface area contributed by atoms with Gasteiger partial charge in [0, 0.05) is 40.3 Å². The lowest BCUT2D eigenvalue weighted by Crippen LogP contribution is -2.14. The summed E-state index contributed by atoms with van der Waals surface area (Å²) < 4.78 is 11.6. The van der Waals surface area contributed by atoms with Gasteiger partial charge in [0.25, 0.3) is 5.91 Å². The maximum absolute atomic E-state index is 12.9. The molecule has 1 atom stereocenters. The number of thiazole rings is 1. The number of carbonyl (C=O) groups excluding carboxylic acids is 1. The lowest BCUT2D eigenvalue weighted by atomic mass is 9.86. The number of carboxylic acids is 1. The van der Waals surface area contributed by atoms with Crippen LogP contribution in [-0.4, -0.2) is 36.2 Å². The molecule has 10 heteroatoms. The maximum Gasteiger partial charge on any atom is 0.331 e. The van der Waals surface area contributed by atoms with E-state index >= 15 is 0 Å². The minimum Gasteiger partial charge on any atom is -0.496 e. The van der Waals surface area contributed by atoms with E-state index in [1.165, 1.54) is 36.5 Å². The first-order valence-corrected chi connectivity index (χ1v) is 13.4. The molecule has 38 heavy (non-hydrogen) atoms. The Morgan fingerprint density at radius 2 is 1.84 bits per heavy atom. The van der Waals surface area contributed by atoms with Gasteiger partial charge in [-0.1, -0.05) is 56.1 Å². The van der Waals surface area contributed by atoms with Gasteiger partial charge in [-0.15, -0.1) is 11.3 Å². The van der Waals surface area contributed by atoms with Crippen LogP contribution < -0.4 is 10.1 Å². The zero-order chi connectivity index (χ0) is 28.2. The van der Waals surface area contributed by atoms with Gasteiger partial charge in [-0.2, -0.15) is 0 Å². The minimum absolute atomic E-state index is 0.0507. The van der Waals surface area contributed by atoms with E-state index in [1.807, 2.05) is 23.6 Å². The third-order valence-electron chi connectivity index (χ3n) is 5.72. The quantitative estimate of drug-likeness (QED) is 0.250. The van der Waals surface area contributed by atoms with E-state index in [-0.39, 0.29) is 32.7 Å². The number of halogens is 2. The lowest BCUT2D eigenvalue weighted by molar-refractivity contribution is -0.132. The number of rotatable bonds is 9. The SMILES string of the molecule is COc1c(-c2csc(NC(=O)c3cc(Cl)c(/C=C(\C)C(=O)O)c(Cl)c3)n2)cccc1C(CC(C)(C)C)OC. The number of aromatic nitrogens is 1. The van der Waals surface area contributed by atoms with Crippen molar-refractivity contribution >= 4 is 57.6 Å². The fourth-order valence-electron chi connectivity index (χ4n) is 3.87. The molecular formula is C28H30Cl2N2O5S. The first kappa shape index (κ1) is 29.6. The Kier molecular flexibility index (Phi) is 9.59. The summed E-state index contributed by atoms with van der Waals surface area (Å²) in [5, 5.41) is 14.4. The number of anilines is 1. The Bertz CT molecular complexity index is 1350. The van der Waals surface area contributed by atoms with Crippen molar-refractivity contribution in [3.05, 3.63) is 68.0 Å². The number of methoxy groups -OCH3 is 2. The second-order valence-electron chi connectivity index (χ2n) is 9.90. The summed E-state index contributed by atoms with van der Waals surface area (Å²) in [5.74, 6) is -0.871. The highest BCUT2D eigenvalue weighted by atomic mass is 35.5. The smallest absolute Gasteiger partial charge is 0.331 e. The van der Waals surface area contributed by atoms with Gasteiger partial charge in [-0.25, -0.2) is 9.78 Å². The van der Waals surface area contributed by atoms with Gasteiger partial charge in [0.1, 0.15) is 5.75 Å². The molecule has 3 rings (SSSR count). The molecule has 2 N–H and O–H groups in total. The maximum atomic E-state index is 12.9. The number of nitrogens with one attached hydrogen (secondary N) is 1. The van der Waals surface area contributed by atoms with Crippen molar-refractivity contribution in [1.29, 1.82) is 0 Å². The summed E-state index contributed by atoms with van der Waals surface area (Å²) in [6.45, 7) is 7.91. The predicted octanol–water partition coefficient (Wildman–Crippen LogP) is 7.99. The highest BCUT2D eigenvalue weighted by Crippen LogP contribution is 2.41. The second kappa shape index (κ2) is 12.3. The van der Waals surface area contributed by atoms with Gasteiger partial charge in [-0.3, -0.25) is 10.1 Å². The molecule has 1 amide bonds. The zero-order valence-corrected chi connectivity index (χ0v) is 24.3. The number of para-hydroxylation sites is 1. The molecule has 1 unspecified atom stereocenters. The van der Waals surface area contributed by atoms with Gasteiger partial charge in [-0.05, 0) is 43.0 Å². The van der Waals surface area contributed by atoms with Crippen LogP contribution in [0.25, 0.3) is 17.3 Å². The Balaban J connectivity index is 1.87. The normalized spacial score (nSPS) is 12.8. The molecule has 202 valence electrons. The Morgan fingerprint density at radius 1 is 1.18 bits per heavy atom. The van der Waals surface area contributed by atoms with Crippen LogP contribution in [0.5, 0.6) is 5.75 Å². The second-order valence-corrected chi connectivity index (χ2v) is 11.6. The Morgan fingerprint density at radius 3 is 2.39 bits per heavy atom. The van der Waals surface area contributed by atoms with Crippen LogP contribution in [0.3, 0.4) is 0 Å². The van der Waals surface area contributed by atoms with Crippen molar-refractivity contribution in [2.75, 3.05) is 19.5 Å². The largest absolute Gasteiger partial charge is 0.496 e. The van der Waals surface area contributed by atoms with E-state index in [4.69, 9.17) is 37.8 Å². The van der Waals surface area contributed by atoms with Crippen molar-refractivity contribution in [2.24, 2.45) is 5.41 Å². The number of nitrogens with zero attached hydrogens (tertiary/aromatic N) is 1. The van der Waals surface area contributed by atoms with E-state index in [0.29, 0.717) is 22.1 Å². The number of carbonyl (C=O) groups is 2. The highest BCUT2D eigenvalue weighted by Gasteiger charge is 2.25. The summed E-state index contributed by atoms with van der Waals surface area (Å²) in [4.78, 5) is 28.7. The van der Waals surface area contributed by atoms with E-state index in [0.717, 1.165) is 17.5 Å². The van der Waals surface area contributed by atoms with Crippen LogP contribution in [0.4, 0.5) is 5.13 Å². The fraction of sp³-hybridized carbons (Fsp3) is 0.321. The van der Waals surface area contributed by atoms with Gasteiger partial charge in [0.05, 0.1) is 29.0 Å². The monoisotopic (exact) mass is 576 g/mol. The number of aliphatic carboxylic acids is 1. The van der Waals surface area contributed by atoms with Gasteiger partial charge >= 0.3 is 5.97 Å². The third-order valence-corrected chi connectivity index (χ3v) is 7.10. The Hall–Kier alpha value is -2.91. The van der Waals surface area contributed by atoms with Gasteiger partial charge in [0.15, 0.2) is 5.13 Å². The van der Waals surface area contributed by atoms with E-state index in [9.17, 15) is 9.59 Å². The molecule has 2 aromatic carbocycles. The van der Waals surface area contributed by atoms with Crippen LogP contribution in [0, 0.1) is 5.41 Å². The van der Waals surface area contributed by atoms with Crippen LogP contribution >= 0.6 is 34.5 Å². The molecule has 3 aromatic rings. The first-order valence-electron chi connectivity index (χ1n) is 11.7. The van der Waals surface area contributed by atoms with E-state index in [2.05, 4.69) is 31.1 Å². The topological polar surface area (TPSA) is 97.8 Å². The summed E-state index contributed by atoms with van der Waals surface area (Å²) in [5.41, 5.74) is 3.02. The van der Waals surface area contributed by atoms with Crippen LogP contribution in [-0.2, 0) is 9.53 Å². The number of benzene rings is 2. The third kappa shape index (κ3) is 7.14. The minimum atomic E-state index is -1.09. The van der Waals surface area contributed by atoms with Gasteiger partial charge < -0.3 is 14.6 Å². The molecule has 0 aliphatic heterocycles. The number of ether oxygens (including phenoxy) is 2. The zero-order valence-electron chi connectivity index (χ0n) is 22.0. The molecule has 0 fully saturated rings. The molecule has 0 saturated heterocycles. The molecule has 7 nitrogen and oxygen atoms in total. The van der Waals surface area contributed by atoms with Crippen molar-refractivity contribution in [3.63, 3.8) is 0 Å². The molecule has 1 heterocycles. The number of carboxylic acid groups (broad SMARTS) is 1. The van der Waals surface area contributed by atoms with Crippen molar-refractivity contribution < 1.29 is 24.2 Å². The average molecular weight is 578 g/mol. The molecule has 0 aliphatic carbocycles. The van der Waals surface area contributed by atoms with Crippen LogP contribution in [0.1, 0.15) is 61.7 Å². The van der Waals surface area contributed by atoms with Crippen LogP contribution in [0.2, 0.25) is 10.0 Å². The van der Waals surface area contributed by atoms with Gasteiger partial charge in [0.2, 0.25) is 0 Å². The average Bonchev–Trinajstić information content (AvgIpc) is 3.31. The molecule has 0 aliphatic rings. The number of hydrogen-bond donors (Lipinski definition) is 2. The van der Waals surface area contributed by atoms with Crippen molar-refractivity contribution in [1.82, 2.24) is 4.98 Å². The van der Waals surface area contributed by atoms with E-state index < -0.39 is 11.9 Å². The molecular weight excluding hydrogens is 547 g/mol. The first-order chi connectivity index (χ1) is 17.8. The summed E-state index contributed by atoms with van der Waals surface area (Å²) in [6.07, 6.45) is 2.00. The highest BCUT2D eigenvalue weighted by molar-refractivity contribution is 7.14. The predicted molar refractivity (Wildman–Crippen MR) is 154 cm³/mol. The molecule has 0 bridgehead atoms. The van der Waals surface area contributed by atoms with Crippen molar-refractivity contribution in [2.45, 2.75) is 40.2 Å². The fourth-order valence-corrected chi connectivity index (χ4v) is 5.17. The number of amides is 1. The summed E-state index contributed by atoms with van der Waals surface area (Å²) >= 11 is 13.9. The van der Waals surface area contributed by atoms with Crippen molar-refractivity contribution in [3.8, 4) is 17.0 Å². The standard InChI is InChI=1S/C28H30Cl2N2O5S/c1-15(26(34)35)10-19-20(29)11-16(12-21(19)30)25(33)32-27-31-22(14-38-27)17-8-7-9-18(24(17)37-6)23(36-5)13-28(2,3)4/h7-12,14,23H,13H2,1-6H3,(H,34,35)(H,31,32,33)/b15-10+. The molecule has 1 aromatic heterocycles. The molecule has 0 saturated carbocycles. The summed E-state index contributed by atoms with van der Waals surface area (Å²) in [7, 11) is 3.30. The Labute approximate surface area is 236 Å². The summed E-state index contributed by atoms with van der Waals surface area (Å²) in [6, 6.07) is 8.71. The van der Waals surface area contributed by atoms with Crippen LogP contribution in [0.15, 0.2) is 41.3 Å². The molecule has 0 spiro atoms. The number of hydrogen-bond acceptors (Lipinski definition) is 6. The van der Waals surface area contributed by atoms with E-state index in [1.54, 1.807) is 14.2 Å².